The molecule has 1 rings (SSSR count). The van der Waals surface area contributed by atoms with Crippen LogP contribution in [-0.2, 0) is 9.47 Å². The lowest BCUT2D eigenvalue weighted by molar-refractivity contribution is -0.110. The molecule has 3 atom stereocenters. The van der Waals surface area contributed by atoms with E-state index in [2.05, 4.69) is 13.8 Å². The van der Waals surface area contributed by atoms with Crippen molar-refractivity contribution in [3.05, 3.63) is 0 Å². The first-order valence-electron chi connectivity index (χ1n) is 5.43. The molecule has 1 aliphatic rings. The van der Waals surface area contributed by atoms with E-state index in [1.807, 2.05) is 0 Å². The van der Waals surface area contributed by atoms with Crippen LogP contribution in [0.5, 0.6) is 0 Å². The summed E-state index contributed by atoms with van der Waals surface area (Å²) in [6, 6.07) is 0. The Hall–Kier alpha value is 0.210. The Labute approximate surface area is 91.9 Å². The molecule has 0 N–H and O–H groups in total. The fraction of sp³-hybridized carbons (Fsp3) is 1.00. The monoisotopic (exact) mass is 220 g/mol. The Balaban J connectivity index is 2.02. The van der Waals surface area contributed by atoms with E-state index in [-0.39, 0.29) is 17.6 Å². The Morgan fingerprint density at radius 2 is 2.14 bits per heavy atom. The molecule has 0 aromatic rings. The second-order valence-electron chi connectivity index (χ2n) is 4.40. The van der Waals surface area contributed by atoms with Crippen LogP contribution < -0.4 is 0 Å². The van der Waals surface area contributed by atoms with Gasteiger partial charge in [0.2, 0.25) is 0 Å². The fourth-order valence-corrected chi connectivity index (χ4v) is 2.16. The molecule has 0 amide bonds. The second kappa shape index (κ2) is 5.94. The number of alkyl halides is 1. The maximum Gasteiger partial charge on any atom is 0.0997 e. The van der Waals surface area contributed by atoms with Gasteiger partial charge in [-0.3, -0.25) is 0 Å². The highest BCUT2D eigenvalue weighted by Crippen LogP contribution is 2.31. The van der Waals surface area contributed by atoms with Crippen LogP contribution in [0.3, 0.4) is 0 Å². The zero-order valence-electron chi connectivity index (χ0n) is 9.33. The van der Waals surface area contributed by atoms with Gasteiger partial charge >= 0.3 is 0 Å². The largest absolute Gasteiger partial charge is 0.377 e. The number of methoxy groups -OCH3 is 1. The summed E-state index contributed by atoms with van der Waals surface area (Å²) in [6.07, 6.45) is 3.64. The van der Waals surface area contributed by atoms with Gasteiger partial charge in [0.25, 0.3) is 0 Å². The van der Waals surface area contributed by atoms with Crippen molar-refractivity contribution in [1.29, 1.82) is 0 Å². The Morgan fingerprint density at radius 1 is 1.43 bits per heavy atom. The number of halogens is 1. The molecular weight excluding hydrogens is 200 g/mol. The molecule has 0 heterocycles. The lowest BCUT2D eigenvalue weighted by Crippen LogP contribution is -2.50. The number of ether oxygens (including phenoxy) is 2. The molecule has 1 saturated carbocycles. The average Bonchev–Trinajstić information content (AvgIpc) is 2.10. The summed E-state index contributed by atoms with van der Waals surface area (Å²) in [5.74, 6) is 0.763. The van der Waals surface area contributed by atoms with Crippen LogP contribution in [-0.4, -0.2) is 31.3 Å². The molecule has 84 valence electrons. The van der Waals surface area contributed by atoms with Gasteiger partial charge in [-0.25, -0.2) is 0 Å². The Bertz CT molecular complexity index is 161. The van der Waals surface area contributed by atoms with Gasteiger partial charge in [-0.05, 0) is 25.2 Å². The first-order valence-corrected chi connectivity index (χ1v) is 5.87. The third-order valence-electron chi connectivity index (χ3n) is 2.71. The van der Waals surface area contributed by atoms with Crippen LogP contribution in [0.25, 0.3) is 0 Å². The molecule has 14 heavy (non-hydrogen) atoms. The highest BCUT2D eigenvalue weighted by molar-refractivity contribution is 6.21. The number of hydrogen-bond donors (Lipinski definition) is 0. The standard InChI is InChI=1S/C11H21ClO2/c1-8(2)5-4-6-14-10-7-9(12)11(10)13-3/h8-11H,4-7H2,1-3H3. The fourth-order valence-electron chi connectivity index (χ4n) is 1.72. The highest BCUT2D eigenvalue weighted by atomic mass is 35.5. The van der Waals surface area contributed by atoms with Gasteiger partial charge in [0.1, 0.15) is 0 Å². The second-order valence-corrected chi connectivity index (χ2v) is 4.96. The van der Waals surface area contributed by atoms with Crippen LogP contribution in [0.1, 0.15) is 33.1 Å². The smallest absolute Gasteiger partial charge is 0.0997 e. The van der Waals surface area contributed by atoms with Gasteiger partial charge in [0.15, 0.2) is 0 Å². The highest BCUT2D eigenvalue weighted by Gasteiger charge is 2.40. The third kappa shape index (κ3) is 3.41. The zero-order chi connectivity index (χ0) is 10.6. The van der Waals surface area contributed by atoms with E-state index in [1.165, 1.54) is 6.42 Å². The van der Waals surface area contributed by atoms with Gasteiger partial charge in [0.05, 0.1) is 17.6 Å². The molecule has 0 radical (unpaired) electrons. The summed E-state index contributed by atoms with van der Waals surface area (Å²) in [4.78, 5) is 0. The van der Waals surface area contributed by atoms with Gasteiger partial charge in [-0.15, -0.1) is 11.6 Å². The van der Waals surface area contributed by atoms with Crippen molar-refractivity contribution in [2.24, 2.45) is 5.92 Å². The maximum atomic E-state index is 5.97. The predicted octanol–water partition coefficient (Wildman–Crippen LogP) is 2.83. The van der Waals surface area contributed by atoms with Crippen molar-refractivity contribution < 1.29 is 9.47 Å². The van der Waals surface area contributed by atoms with E-state index in [4.69, 9.17) is 21.1 Å². The van der Waals surface area contributed by atoms with E-state index >= 15 is 0 Å². The van der Waals surface area contributed by atoms with E-state index in [1.54, 1.807) is 7.11 Å². The molecular formula is C11H21ClO2. The molecule has 0 aromatic carbocycles. The molecule has 0 saturated heterocycles. The van der Waals surface area contributed by atoms with Crippen molar-refractivity contribution in [3.8, 4) is 0 Å². The lowest BCUT2D eigenvalue weighted by atomic mass is 9.91. The molecule has 0 bridgehead atoms. The predicted molar refractivity (Wildman–Crippen MR) is 58.9 cm³/mol. The minimum Gasteiger partial charge on any atom is -0.377 e. The third-order valence-corrected chi connectivity index (χ3v) is 3.14. The van der Waals surface area contributed by atoms with Gasteiger partial charge in [-0.1, -0.05) is 13.8 Å². The Kier molecular flexibility index (Phi) is 5.21. The summed E-state index contributed by atoms with van der Waals surface area (Å²) < 4.78 is 10.9. The van der Waals surface area contributed by atoms with Crippen LogP contribution in [0, 0.1) is 5.92 Å². The van der Waals surface area contributed by atoms with Crippen molar-refractivity contribution in [2.75, 3.05) is 13.7 Å². The van der Waals surface area contributed by atoms with Gasteiger partial charge in [-0.2, -0.15) is 0 Å². The number of hydrogen-bond acceptors (Lipinski definition) is 2. The lowest BCUT2D eigenvalue weighted by Gasteiger charge is -2.39. The average molecular weight is 221 g/mol. The van der Waals surface area contributed by atoms with E-state index in [9.17, 15) is 0 Å². The first kappa shape index (κ1) is 12.3. The van der Waals surface area contributed by atoms with Crippen molar-refractivity contribution >= 4 is 11.6 Å². The van der Waals surface area contributed by atoms with Crippen molar-refractivity contribution in [2.45, 2.75) is 50.7 Å². The minimum absolute atomic E-state index is 0.107. The van der Waals surface area contributed by atoms with E-state index < -0.39 is 0 Å². The zero-order valence-corrected chi connectivity index (χ0v) is 10.1. The van der Waals surface area contributed by atoms with Gasteiger partial charge in [0, 0.05) is 13.7 Å². The minimum atomic E-state index is 0.107. The Morgan fingerprint density at radius 3 is 2.64 bits per heavy atom. The summed E-state index contributed by atoms with van der Waals surface area (Å²) in [5.41, 5.74) is 0. The normalized spacial score (nSPS) is 31.9. The van der Waals surface area contributed by atoms with Crippen LogP contribution in [0.2, 0.25) is 0 Å². The first-order chi connectivity index (χ1) is 6.65. The molecule has 3 heteroatoms. The van der Waals surface area contributed by atoms with Crippen molar-refractivity contribution in [1.82, 2.24) is 0 Å². The number of rotatable bonds is 6. The van der Waals surface area contributed by atoms with E-state index in [0.29, 0.717) is 0 Å². The molecule has 1 aliphatic carbocycles. The molecule has 2 nitrogen and oxygen atoms in total. The molecule has 3 unspecified atom stereocenters. The topological polar surface area (TPSA) is 18.5 Å². The molecule has 0 aliphatic heterocycles. The quantitative estimate of drug-likeness (QED) is 0.506. The summed E-state index contributed by atoms with van der Waals surface area (Å²) >= 11 is 5.97. The SMILES string of the molecule is COC1C(Cl)CC1OCCCC(C)C. The van der Waals surface area contributed by atoms with Crippen LogP contribution in [0.4, 0.5) is 0 Å². The van der Waals surface area contributed by atoms with E-state index in [0.717, 1.165) is 25.4 Å². The van der Waals surface area contributed by atoms with Crippen LogP contribution in [0.15, 0.2) is 0 Å². The molecule has 1 fully saturated rings. The van der Waals surface area contributed by atoms with Crippen molar-refractivity contribution in [3.63, 3.8) is 0 Å². The summed E-state index contributed by atoms with van der Waals surface area (Å²) in [6.45, 7) is 5.30. The molecule has 0 spiro atoms. The maximum absolute atomic E-state index is 5.97. The molecule has 0 aromatic heterocycles. The summed E-state index contributed by atoms with van der Waals surface area (Å²) in [5, 5.41) is 0.148. The van der Waals surface area contributed by atoms with Gasteiger partial charge < -0.3 is 9.47 Å². The van der Waals surface area contributed by atoms with Crippen LogP contribution >= 0.6 is 11.6 Å². The summed E-state index contributed by atoms with van der Waals surface area (Å²) in [7, 11) is 1.70.